The van der Waals surface area contributed by atoms with E-state index in [2.05, 4.69) is 32.7 Å². The number of benzene rings is 1. The van der Waals surface area contributed by atoms with Crippen molar-refractivity contribution in [1.29, 1.82) is 0 Å². The number of aliphatic imine (C=N–C) groups is 1. The van der Waals surface area contributed by atoms with E-state index in [-0.39, 0.29) is 41.8 Å². The number of rotatable bonds is 9. The Morgan fingerprint density at radius 2 is 1.86 bits per heavy atom. The van der Waals surface area contributed by atoms with Crippen LogP contribution in [0.5, 0.6) is 5.75 Å². The summed E-state index contributed by atoms with van der Waals surface area (Å²) in [5.41, 5.74) is 1.25. The Morgan fingerprint density at radius 1 is 1.24 bits per heavy atom. The predicted molar refractivity (Wildman–Crippen MR) is 130 cm³/mol. The minimum absolute atomic E-state index is 0. The van der Waals surface area contributed by atoms with E-state index in [1.54, 1.807) is 14.2 Å². The van der Waals surface area contributed by atoms with Crippen molar-refractivity contribution < 1.29 is 13.2 Å². The number of nitrogens with one attached hydrogen (secondary N) is 2. The van der Waals surface area contributed by atoms with Gasteiger partial charge in [0.25, 0.3) is 0 Å². The van der Waals surface area contributed by atoms with Gasteiger partial charge in [0.1, 0.15) is 15.6 Å². The SMILES string of the molecule is CN=C(NCC(c1ccc(OC)cc1)N1CCCC1)NC(C)CCS(C)(=O)=O.I. The van der Waals surface area contributed by atoms with E-state index in [1.165, 1.54) is 24.7 Å². The Morgan fingerprint density at radius 3 is 2.38 bits per heavy atom. The minimum atomic E-state index is -2.96. The summed E-state index contributed by atoms with van der Waals surface area (Å²) in [5.74, 6) is 1.72. The summed E-state index contributed by atoms with van der Waals surface area (Å²) < 4.78 is 28.0. The zero-order chi connectivity index (χ0) is 20.6. The third kappa shape index (κ3) is 9.08. The molecular weight excluding hydrogens is 503 g/mol. The van der Waals surface area contributed by atoms with Gasteiger partial charge in [-0.15, -0.1) is 24.0 Å². The normalized spacial score (nSPS) is 17.3. The highest BCUT2D eigenvalue weighted by atomic mass is 127. The number of methoxy groups -OCH3 is 1. The minimum Gasteiger partial charge on any atom is -0.497 e. The van der Waals surface area contributed by atoms with E-state index in [0.717, 1.165) is 25.4 Å². The van der Waals surface area contributed by atoms with Gasteiger partial charge in [0.2, 0.25) is 0 Å². The zero-order valence-electron chi connectivity index (χ0n) is 17.8. The highest BCUT2D eigenvalue weighted by Crippen LogP contribution is 2.26. The second-order valence-corrected chi connectivity index (χ2v) is 9.71. The molecule has 0 aliphatic carbocycles. The molecule has 7 nitrogen and oxygen atoms in total. The molecule has 1 fully saturated rings. The van der Waals surface area contributed by atoms with Crippen molar-refractivity contribution in [1.82, 2.24) is 15.5 Å². The molecule has 2 atom stereocenters. The molecule has 0 spiro atoms. The number of ether oxygens (including phenoxy) is 1. The summed E-state index contributed by atoms with van der Waals surface area (Å²) in [6.07, 6.45) is 4.26. The number of guanidine groups is 1. The van der Waals surface area contributed by atoms with Crippen LogP contribution in [0.25, 0.3) is 0 Å². The topological polar surface area (TPSA) is 83.0 Å². The van der Waals surface area contributed by atoms with Gasteiger partial charge >= 0.3 is 0 Å². The number of likely N-dealkylation sites (tertiary alicyclic amines) is 1. The molecule has 2 rings (SSSR count). The monoisotopic (exact) mass is 538 g/mol. The third-order valence-corrected chi connectivity index (χ3v) is 6.05. The lowest BCUT2D eigenvalue weighted by Crippen LogP contribution is -2.46. The van der Waals surface area contributed by atoms with Crippen LogP contribution in [0.2, 0.25) is 0 Å². The van der Waals surface area contributed by atoms with Crippen LogP contribution < -0.4 is 15.4 Å². The van der Waals surface area contributed by atoms with Gasteiger partial charge in [-0.1, -0.05) is 12.1 Å². The third-order valence-electron chi connectivity index (χ3n) is 5.07. The van der Waals surface area contributed by atoms with Gasteiger partial charge in [-0.3, -0.25) is 9.89 Å². The van der Waals surface area contributed by atoms with Gasteiger partial charge in [0, 0.05) is 25.9 Å². The van der Waals surface area contributed by atoms with Crippen molar-refractivity contribution >= 4 is 39.8 Å². The van der Waals surface area contributed by atoms with Crippen LogP contribution in [-0.2, 0) is 9.84 Å². The van der Waals surface area contributed by atoms with Crippen LogP contribution in [0, 0.1) is 0 Å². The van der Waals surface area contributed by atoms with Gasteiger partial charge in [-0.05, 0) is 57.0 Å². The van der Waals surface area contributed by atoms with E-state index in [0.29, 0.717) is 12.4 Å². The molecule has 0 saturated carbocycles. The molecule has 1 aliphatic rings. The first-order valence-corrected chi connectivity index (χ1v) is 11.9. The Labute approximate surface area is 192 Å². The number of hydrogen-bond acceptors (Lipinski definition) is 5. The molecule has 1 saturated heterocycles. The van der Waals surface area contributed by atoms with Crippen LogP contribution in [0.15, 0.2) is 29.3 Å². The van der Waals surface area contributed by atoms with Crippen molar-refractivity contribution in [2.24, 2.45) is 4.99 Å². The van der Waals surface area contributed by atoms with Gasteiger partial charge < -0.3 is 15.4 Å². The average molecular weight is 538 g/mol. The van der Waals surface area contributed by atoms with Crippen molar-refractivity contribution in [2.45, 2.75) is 38.3 Å². The lowest BCUT2D eigenvalue weighted by molar-refractivity contribution is 0.245. The largest absolute Gasteiger partial charge is 0.497 e. The molecule has 1 aromatic carbocycles. The Bertz CT molecular complexity index is 735. The predicted octanol–water partition coefficient (Wildman–Crippen LogP) is 2.44. The van der Waals surface area contributed by atoms with Gasteiger partial charge in [-0.2, -0.15) is 0 Å². The molecule has 0 aromatic heterocycles. The second-order valence-electron chi connectivity index (χ2n) is 7.45. The first-order chi connectivity index (χ1) is 13.3. The maximum absolute atomic E-state index is 11.4. The zero-order valence-corrected chi connectivity index (χ0v) is 21.0. The first-order valence-electron chi connectivity index (χ1n) is 9.85. The summed E-state index contributed by atoms with van der Waals surface area (Å²) in [7, 11) is 0.451. The number of nitrogens with zero attached hydrogens (tertiary/aromatic N) is 2. The number of halogens is 1. The van der Waals surface area contributed by atoms with Gasteiger partial charge in [0.15, 0.2) is 5.96 Å². The molecule has 0 bridgehead atoms. The fourth-order valence-electron chi connectivity index (χ4n) is 3.42. The summed E-state index contributed by atoms with van der Waals surface area (Å²) in [4.78, 5) is 6.79. The molecule has 1 heterocycles. The lowest BCUT2D eigenvalue weighted by atomic mass is 10.1. The molecule has 1 aromatic rings. The summed E-state index contributed by atoms with van der Waals surface area (Å²) >= 11 is 0. The van der Waals surface area contributed by atoms with E-state index in [1.807, 2.05) is 19.1 Å². The standard InChI is InChI=1S/C20H34N4O3S.HI/c1-16(11-14-28(4,25)26)23-20(21-2)22-15-19(24-12-5-6-13-24)17-7-9-18(27-3)10-8-17;/h7-10,16,19H,5-6,11-15H2,1-4H3,(H2,21,22,23);1H. The average Bonchev–Trinajstić information content (AvgIpc) is 3.20. The van der Waals surface area contributed by atoms with E-state index < -0.39 is 9.84 Å². The van der Waals surface area contributed by atoms with Gasteiger partial charge in [0.05, 0.1) is 18.9 Å². The maximum Gasteiger partial charge on any atom is 0.191 e. The van der Waals surface area contributed by atoms with Crippen molar-refractivity contribution in [3.63, 3.8) is 0 Å². The first kappa shape index (κ1) is 26.0. The Hall–Kier alpha value is -1.07. The molecule has 9 heteroatoms. The molecule has 0 radical (unpaired) electrons. The Balaban J connectivity index is 0.00000420. The van der Waals surface area contributed by atoms with Crippen LogP contribution in [-0.4, -0.2) is 71.1 Å². The van der Waals surface area contributed by atoms with Crippen molar-refractivity contribution in [2.75, 3.05) is 45.8 Å². The van der Waals surface area contributed by atoms with Crippen LogP contribution in [0.4, 0.5) is 0 Å². The quantitative estimate of drug-likeness (QED) is 0.286. The fourth-order valence-corrected chi connectivity index (χ4v) is 4.20. The lowest BCUT2D eigenvalue weighted by Gasteiger charge is -2.29. The highest BCUT2D eigenvalue weighted by Gasteiger charge is 2.24. The fraction of sp³-hybridized carbons (Fsp3) is 0.650. The van der Waals surface area contributed by atoms with E-state index >= 15 is 0 Å². The molecule has 2 N–H and O–H groups in total. The maximum atomic E-state index is 11.4. The van der Waals surface area contributed by atoms with Crippen molar-refractivity contribution in [3.05, 3.63) is 29.8 Å². The molecular formula is C20H35IN4O3S. The van der Waals surface area contributed by atoms with E-state index in [4.69, 9.17) is 4.74 Å². The molecule has 1 aliphatic heterocycles. The number of hydrogen-bond donors (Lipinski definition) is 2. The summed E-state index contributed by atoms with van der Waals surface area (Å²) in [6.45, 7) is 4.88. The molecule has 29 heavy (non-hydrogen) atoms. The Kier molecular flexibility index (Phi) is 11.3. The summed E-state index contributed by atoms with van der Waals surface area (Å²) in [5, 5.41) is 6.71. The van der Waals surface area contributed by atoms with Crippen molar-refractivity contribution in [3.8, 4) is 5.75 Å². The number of sulfone groups is 1. The van der Waals surface area contributed by atoms with Gasteiger partial charge in [-0.25, -0.2) is 8.42 Å². The van der Waals surface area contributed by atoms with Crippen LogP contribution >= 0.6 is 24.0 Å². The molecule has 2 unspecified atom stereocenters. The smallest absolute Gasteiger partial charge is 0.191 e. The highest BCUT2D eigenvalue weighted by molar-refractivity contribution is 14.0. The molecule has 166 valence electrons. The second kappa shape index (κ2) is 12.6. The van der Waals surface area contributed by atoms with E-state index in [9.17, 15) is 8.42 Å². The van der Waals surface area contributed by atoms with Crippen LogP contribution in [0.1, 0.15) is 37.8 Å². The van der Waals surface area contributed by atoms with Crippen LogP contribution in [0.3, 0.4) is 0 Å². The molecule has 0 amide bonds. The summed E-state index contributed by atoms with van der Waals surface area (Å²) in [6, 6.07) is 8.51.